The fourth-order valence-electron chi connectivity index (χ4n) is 8.70. The van der Waals surface area contributed by atoms with Crippen LogP contribution in [0.1, 0.15) is 20.8 Å². The van der Waals surface area contributed by atoms with Crippen molar-refractivity contribution in [2.24, 2.45) is 0 Å². The number of aliphatic hydroxyl groups excluding tert-OH is 17. The predicted octanol–water partition coefficient (Wildman–Crippen LogP) is -10.9. The molecule has 5 fully saturated rings. The molecule has 6 rings (SSSR count). The van der Waals surface area contributed by atoms with Crippen LogP contribution >= 0.6 is 0 Å². The van der Waals surface area contributed by atoms with E-state index in [0.29, 0.717) is 0 Å². The molecular formula is C37H63NO26. The fraction of sp³-hybridized carbons (Fsp3) is 0.946. The lowest BCUT2D eigenvalue weighted by Gasteiger charge is -2.49. The quantitative estimate of drug-likeness (QED) is 0.0762. The molecule has 27 heteroatoms. The van der Waals surface area contributed by atoms with Gasteiger partial charge in [0.05, 0.1) is 50.2 Å². The van der Waals surface area contributed by atoms with Crippen LogP contribution in [0, 0.1) is 0 Å². The second kappa shape index (κ2) is 21.5. The van der Waals surface area contributed by atoms with Gasteiger partial charge in [-0.05, 0) is 26.3 Å². The average Bonchev–Trinajstić information content (AvgIpc) is 3.27. The Morgan fingerprint density at radius 3 is 1.42 bits per heavy atom. The third kappa shape index (κ3) is 10.3. The van der Waals surface area contributed by atoms with E-state index in [1.165, 1.54) is 26.8 Å². The smallest absolute Gasteiger partial charge is 0.187 e. The summed E-state index contributed by atoms with van der Waals surface area (Å²) in [5.74, 6) is 0. The van der Waals surface area contributed by atoms with Crippen LogP contribution in [-0.2, 0) is 42.6 Å². The first-order valence-electron chi connectivity index (χ1n) is 20.9. The summed E-state index contributed by atoms with van der Waals surface area (Å²) in [6.45, 7) is 1.66. The highest BCUT2D eigenvalue weighted by Crippen LogP contribution is 2.35. The van der Waals surface area contributed by atoms with Gasteiger partial charge in [-0.2, -0.15) is 0 Å². The van der Waals surface area contributed by atoms with Crippen LogP contribution in [0.15, 0.2) is 11.6 Å². The van der Waals surface area contributed by atoms with Crippen LogP contribution in [0.4, 0.5) is 0 Å². The Morgan fingerprint density at radius 1 is 0.438 bits per heavy atom. The summed E-state index contributed by atoms with van der Waals surface area (Å²) >= 11 is 0. The van der Waals surface area contributed by atoms with Crippen LogP contribution in [0.5, 0.6) is 0 Å². The lowest BCUT2D eigenvalue weighted by Crippen LogP contribution is -2.68. The minimum atomic E-state index is -1.99. The molecular weight excluding hydrogens is 874 g/mol. The zero-order chi connectivity index (χ0) is 47.2. The van der Waals surface area contributed by atoms with Gasteiger partial charge in [-0.15, -0.1) is 0 Å². The van der Waals surface area contributed by atoms with E-state index >= 15 is 0 Å². The van der Waals surface area contributed by atoms with Crippen molar-refractivity contribution in [3.63, 3.8) is 0 Å². The normalized spacial score (nSPS) is 54.1. The predicted molar refractivity (Wildman–Crippen MR) is 200 cm³/mol. The van der Waals surface area contributed by atoms with Gasteiger partial charge in [0, 0.05) is 0 Å². The largest absolute Gasteiger partial charge is 0.394 e. The molecule has 0 bridgehead atoms. The second-order valence-electron chi connectivity index (χ2n) is 17.0. The Hall–Kier alpha value is -1.34. The van der Waals surface area contributed by atoms with Crippen molar-refractivity contribution < 1.29 is 129 Å². The molecule has 0 aromatic carbocycles. The van der Waals surface area contributed by atoms with Crippen molar-refractivity contribution in [3.05, 3.63) is 11.6 Å². The molecule has 0 spiro atoms. The summed E-state index contributed by atoms with van der Waals surface area (Å²) in [4.78, 5) is 0. The van der Waals surface area contributed by atoms with E-state index in [2.05, 4.69) is 5.32 Å². The van der Waals surface area contributed by atoms with Gasteiger partial charge in [0.25, 0.3) is 0 Å². The van der Waals surface area contributed by atoms with Crippen molar-refractivity contribution in [1.82, 2.24) is 5.32 Å². The van der Waals surface area contributed by atoms with E-state index in [4.69, 9.17) is 42.6 Å². The molecule has 0 aromatic rings. The van der Waals surface area contributed by atoms with Crippen molar-refractivity contribution in [1.29, 1.82) is 0 Å². The number of hydrogen-bond donors (Lipinski definition) is 18. The van der Waals surface area contributed by atoms with E-state index in [-0.39, 0.29) is 5.57 Å². The lowest BCUT2D eigenvalue weighted by atomic mass is 9.86. The van der Waals surface area contributed by atoms with Crippen LogP contribution in [0.3, 0.4) is 0 Å². The zero-order valence-corrected chi connectivity index (χ0v) is 34.7. The summed E-state index contributed by atoms with van der Waals surface area (Å²) in [6.07, 6.45) is -43.5. The molecule has 0 radical (unpaired) electrons. The summed E-state index contributed by atoms with van der Waals surface area (Å²) in [7, 11) is 0. The molecule has 18 N–H and O–H groups in total. The number of ether oxygens (including phenoxy) is 9. The van der Waals surface area contributed by atoms with Gasteiger partial charge in [-0.25, -0.2) is 0 Å². The molecule has 5 aliphatic heterocycles. The van der Waals surface area contributed by atoms with E-state index < -0.39 is 198 Å². The second-order valence-corrected chi connectivity index (χ2v) is 17.0. The van der Waals surface area contributed by atoms with E-state index in [1.54, 1.807) is 0 Å². The summed E-state index contributed by atoms with van der Waals surface area (Å²) in [5, 5.41) is 183. The first kappa shape index (κ1) is 52.0. The van der Waals surface area contributed by atoms with E-state index in [9.17, 15) is 86.8 Å². The monoisotopic (exact) mass is 937 g/mol. The molecule has 64 heavy (non-hydrogen) atoms. The highest BCUT2D eigenvalue weighted by molar-refractivity contribution is 5.23. The van der Waals surface area contributed by atoms with Gasteiger partial charge in [-0.1, -0.05) is 6.08 Å². The molecule has 5 saturated heterocycles. The highest BCUT2D eigenvalue weighted by atomic mass is 16.8. The first-order valence-corrected chi connectivity index (χ1v) is 20.9. The van der Waals surface area contributed by atoms with Gasteiger partial charge in [0.1, 0.15) is 116 Å². The standard InChI is InChI=1S/C37H63NO26/c1-8-15(18(44)25(51)34(57-8)63-31-13(6-40)59-36(27(53)22(31)48)61-29-10(3)56-33(55)24(50)21(29)47)38-12-4-11(5-39)30(20(46)17(12)43)62-37-28(54)23(49)32(14(7-41)60-37)64-35-26(52)19(45)16(42)9(2)58-35/h4,8-10,12-55H,5-7H2,1-3H3/t8-,9-,10+,12+,13+,14+,15-,16-,17-,18+,19+,20+,21+,22-,23-,24+,25-,26-,27-,28-,29+,30-,31-,32-,33+,34+,35+,36+,37+/m0/s1. The Morgan fingerprint density at radius 2 is 0.891 bits per heavy atom. The number of nitrogens with one attached hydrogen (secondary N) is 1. The lowest BCUT2D eigenvalue weighted by molar-refractivity contribution is -0.372. The van der Waals surface area contributed by atoms with E-state index in [0.717, 1.165) is 0 Å². The maximum Gasteiger partial charge on any atom is 0.187 e. The third-order valence-electron chi connectivity index (χ3n) is 12.6. The molecule has 372 valence electrons. The molecule has 1 aliphatic carbocycles. The van der Waals surface area contributed by atoms with Gasteiger partial charge in [0.15, 0.2) is 31.5 Å². The summed E-state index contributed by atoms with van der Waals surface area (Å²) in [6, 6.07) is -2.55. The van der Waals surface area contributed by atoms with Gasteiger partial charge < -0.3 is 135 Å². The third-order valence-corrected chi connectivity index (χ3v) is 12.6. The van der Waals surface area contributed by atoms with Gasteiger partial charge in [-0.3, -0.25) is 0 Å². The Bertz CT molecular complexity index is 1520. The van der Waals surface area contributed by atoms with Gasteiger partial charge in [0.2, 0.25) is 0 Å². The maximum absolute atomic E-state index is 11.3. The van der Waals surface area contributed by atoms with Crippen molar-refractivity contribution in [2.75, 3.05) is 19.8 Å². The van der Waals surface area contributed by atoms with Crippen molar-refractivity contribution in [3.8, 4) is 0 Å². The van der Waals surface area contributed by atoms with E-state index in [1.807, 2.05) is 0 Å². The molecule has 0 aromatic heterocycles. The van der Waals surface area contributed by atoms with Gasteiger partial charge >= 0.3 is 0 Å². The van der Waals surface area contributed by atoms with Crippen LogP contribution in [0.25, 0.3) is 0 Å². The molecule has 6 aliphatic rings. The highest BCUT2D eigenvalue weighted by Gasteiger charge is 2.55. The molecule has 0 unspecified atom stereocenters. The number of aliphatic hydroxyl groups is 17. The zero-order valence-electron chi connectivity index (χ0n) is 34.7. The topological polar surface area (TPSA) is 439 Å². The SMILES string of the molecule is C[C@@H]1O[C@H](O[C@@H]2[C@@H](O)[C@H](O)[C@@H](O[C@H]3C(CO)=C[C@@H](N[C@@H]4[C@@H](O)[C@H](O)[C@@H](O[C@@H]5[C@@H](O)[C@H](O)[C@@H](O[C@H]6[C@H](O)[C@@H](O)[C@H](O)O[C@@H]6C)O[C@@H]5CO)O[C@H]4C)[C@H](O)[C@H]3O)O[C@@H]2CO)[C@@H](O)[C@H](O)[C@H]1O. The van der Waals surface area contributed by atoms with Crippen LogP contribution in [-0.4, -0.2) is 284 Å². The minimum Gasteiger partial charge on any atom is -0.394 e. The molecule has 0 saturated carbocycles. The Balaban J connectivity index is 1.07. The fourth-order valence-corrected chi connectivity index (χ4v) is 8.70. The molecule has 27 nitrogen and oxygen atoms in total. The summed E-state index contributed by atoms with van der Waals surface area (Å²) in [5.41, 5.74) is -0.101. The molecule has 29 atom stereocenters. The number of hydrogen-bond acceptors (Lipinski definition) is 27. The Kier molecular flexibility index (Phi) is 17.5. The summed E-state index contributed by atoms with van der Waals surface area (Å²) < 4.78 is 50.3. The molecule has 0 amide bonds. The first-order chi connectivity index (χ1) is 30.1. The number of rotatable bonds is 13. The molecule has 5 heterocycles. The van der Waals surface area contributed by atoms with Crippen LogP contribution in [0.2, 0.25) is 0 Å². The average molecular weight is 938 g/mol. The Labute approximate surface area is 364 Å². The van der Waals surface area contributed by atoms with Crippen LogP contribution < -0.4 is 5.32 Å². The van der Waals surface area contributed by atoms with Crippen molar-refractivity contribution >= 4 is 0 Å². The van der Waals surface area contributed by atoms with Crippen molar-refractivity contribution in [2.45, 2.75) is 199 Å². The maximum atomic E-state index is 11.3. The minimum absolute atomic E-state index is 0.101.